The number of imidazole rings is 1. The van der Waals surface area contributed by atoms with Gasteiger partial charge in [0.1, 0.15) is 5.82 Å². The van der Waals surface area contributed by atoms with Crippen molar-refractivity contribution in [3.05, 3.63) is 48.7 Å². The second-order valence-corrected chi connectivity index (χ2v) is 3.32. The predicted molar refractivity (Wildman–Crippen MR) is 56.2 cm³/mol. The molecule has 0 aliphatic carbocycles. The number of fused-ring (bicyclic) bond motifs is 1. The Balaban J connectivity index is 2.15. The monoisotopic (exact) mass is 214 g/mol. The van der Waals surface area contributed by atoms with E-state index in [9.17, 15) is 4.39 Å². The molecule has 1 aromatic carbocycles. The van der Waals surface area contributed by atoms with Gasteiger partial charge in [0, 0.05) is 5.56 Å². The minimum atomic E-state index is -0.260. The van der Waals surface area contributed by atoms with E-state index in [2.05, 4.69) is 15.1 Å². The quantitative estimate of drug-likeness (QED) is 0.621. The summed E-state index contributed by atoms with van der Waals surface area (Å²) in [7, 11) is 0. The normalized spacial score (nSPS) is 10.8. The van der Waals surface area contributed by atoms with E-state index in [-0.39, 0.29) is 5.82 Å². The molecule has 0 saturated heterocycles. The zero-order valence-corrected chi connectivity index (χ0v) is 8.21. The SMILES string of the molecule is Fc1ccc(-c2cn3nccnc3n2)cc1. The van der Waals surface area contributed by atoms with Crippen LogP contribution in [0.2, 0.25) is 0 Å². The fourth-order valence-electron chi connectivity index (χ4n) is 1.50. The average Bonchev–Trinajstić information content (AvgIpc) is 2.73. The molecular formula is C11H7FN4. The average molecular weight is 214 g/mol. The van der Waals surface area contributed by atoms with Crippen LogP contribution in [0.1, 0.15) is 0 Å². The molecule has 3 rings (SSSR count). The molecule has 0 aliphatic rings. The van der Waals surface area contributed by atoms with E-state index in [4.69, 9.17) is 0 Å². The van der Waals surface area contributed by atoms with Crippen molar-refractivity contribution in [1.29, 1.82) is 0 Å². The topological polar surface area (TPSA) is 43.1 Å². The van der Waals surface area contributed by atoms with Crippen LogP contribution >= 0.6 is 0 Å². The van der Waals surface area contributed by atoms with Gasteiger partial charge in [0.05, 0.1) is 24.3 Å². The van der Waals surface area contributed by atoms with E-state index in [1.54, 1.807) is 35.2 Å². The number of benzene rings is 1. The summed E-state index contributed by atoms with van der Waals surface area (Å²) >= 11 is 0. The van der Waals surface area contributed by atoms with Crippen LogP contribution in [0.4, 0.5) is 4.39 Å². The van der Waals surface area contributed by atoms with E-state index in [0.717, 1.165) is 11.3 Å². The van der Waals surface area contributed by atoms with E-state index in [1.165, 1.54) is 12.1 Å². The number of halogens is 1. The first-order chi connectivity index (χ1) is 7.83. The Hall–Kier alpha value is -2.30. The van der Waals surface area contributed by atoms with Gasteiger partial charge in [-0.1, -0.05) is 0 Å². The molecular weight excluding hydrogens is 207 g/mol. The number of hydrogen-bond acceptors (Lipinski definition) is 3. The molecule has 0 bridgehead atoms. The summed E-state index contributed by atoms with van der Waals surface area (Å²) in [5, 5.41) is 4.06. The lowest BCUT2D eigenvalue weighted by Gasteiger charge is -1.93. The van der Waals surface area contributed by atoms with Crippen LogP contribution in [0.25, 0.3) is 17.0 Å². The summed E-state index contributed by atoms with van der Waals surface area (Å²) < 4.78 is 14.3. The van der Waals surface area contributed by atoms with Crippen LogP contribution in [-0.4, -0.2) is 19.6 Å². The standard InChI is InChI=1S/C11H7FN4/c12-9-3-1-8(2-4-9)10-7-16-11(15-10)13-5-6-14-16/h1-7H. The first-order valence-electron chi connectivity index (χ1n) is 4.75. The van der Waals surface area contributed by atoms with Crippen LogP contribution in [0, 0.1) is 5.82 Å². The third-order valence-corrected chi connectivity index (χ3v) is 2.26. The molecule has 3 aromatic rings. The van der Waals surface area contributed by atoms with Crippen molar-refractivity contribution in [3.63, 3.8) is 0 Å². The van der Waals surface area contributed by atoms with Gasteiger partial charge in [0.2, 0.25) is 0 Å². The Morgan fingerprint density at radius 1 is 1.06 bits per heavy atom. The van der Waals surface area contributed by atoms with Crippen LogP contribution < -0.4 is 0 Å². The number of hydrogen-bond donors (Lipinski definition) is 0. The molecule has 78 valence electrons. The van der Waals surface area contributed by atoms with Crippen molar-refractivity contribution in [3.8, 4) is 11.3 Å². The molecule has 0 spiro atoms. The van der Waals surface area contributed by atoms with Crippen LogP contribution in [-0.2, 0) is 0 Å². The summed E-state index contributed by atoms with van der Waals surface area (Å²) in [6, 6.07) is 6.16. The summed E-state index contributed by atoms with van der Waals surface area (Å²) in [5.41, 5.74) is 1.57. The van der Waals surface area contributed by atoms with Crippen LogP contribution in [0.15, 0.2) is 42.9 Å². The molecule has 0 amide bonds. The molecule has 2 aromatic heterocycles. The van der Waals surface area contributed by atoms with Crippen molar-refractivity contribution in [1.82, 2.24) is 19.6 Å². The van der Waals surface area contributed by atoms with Gasteiger partial charge in [-0.2, -0.15) is 5.10 Å². The second kappa shape index (κ2) is 3.37. The molecule has 0 unspecified atom stereocenters. The molecule has 0 atom stereocenters. The Morgan fingerprint density at radius 2 is 1.88 bits per heavy atom. The van der Waals surface area contributed by atoms with Crippen molar-refractivity contribution in [2.75, 3.05) is 0 Å². The summed E-state index contributed by atoms with van der Waals surface area (Å²) in [6.07, 6.45) is 4.93. The largest absolute Gasteiger partial charge is 0.251 e. The fourth-order valence-corrected chi connectivity index (χ4v) is 1.50. The van der Waals surface area contributed by atoms with Gasteiger partial charge >= 0.3 is 0 Å². The van der Waals surface area contributed by atoms with Crippen LogP contribution in [0.3, 0.4) is 0 Å². The molecule has 0 radical (unpaired) electrons. The van der Waals surface area contributed by atoms with Gasteiger partial charge in [-0.3, -0.25) is 0 Å². The van der Waals surface area contributed by atoms with E-state index < -0.39 is 0 Å². The third kappa shape index (κ3) is 1.42. The first-order valence-corrected chi connectivity index (χ1v) is 4.75. The van der Waals surface area contributed by atoms with Crippen molar-refractivity contribution < 1.29 is 4.39 Å². The van der Waals surface area contributed by atoms with Gasteiger partial charge in [0.15, 0.2) is 0 Å². The second-order valence-electron chi connectivity index (χ2n) is 3.32. The highest BCUT2D eigenvalue weighted by molar-refractivity contribution is 5.60. The van der Waals surface area contributed by atoms with Crippen molar-refractivity contribution >= 4 is 5.78 Å². The van der Waals surface area contributed by atoms with Gasteiger partial charge in [-0.25, -0.2) is 18.9 Å². The predicted octanol–water partition coefficient (Wildman–Crippen LogP) is 1.93. The summed E-state index contributed by atoms with van der Waals surface area (Å²) in [4.78, 5) is 8.34. The Morgan fingerprint density at radius 3 is 2.62 bits per heavy atom. The molecule has 4 nitrogen and oxygen atoms in total. The first kappa shape index (κ1) is 8.96. The molecule has 0 N–H and O–H groups in total. The summed E-state index contributed by atoms with van der Waals surface area (Å²) in [6.45, 7) is 0. The minimum Gasteiger partial charge on any atom is -0.218 e. The maximum Gasteiger partial charge on any atom is 0.251 e. The molecule has 5 heteroatoms. The maximum absolute atomic E-state index is 12.8. The molecule has 2 heterocycles. The lowest BCUT2D eigenvalue weighted by molar-refractivity contribution is 0.628. The molecule has 0 aliphatic heterocycles. The Bertz CT molecular complexity index is 597. The maximum atomic E-state index is 12.8. The zero-order chi connectivity index (χ0) is 11.0. The number of nitrogens with zero attached hydrogens (tertiary/aromatic N) is 4. The number of rotatable bonds is 1. The van der Waals surface area contributed by atoms with Crippen molar-refractivity contribution in [2.45, 2.75) is 0 Å². The van der Waals surface area contributed by atoms with Crippen molar-refractivity contribution in [2.24, 2.45) is 0 Å². The summed E-state index contributed by atoms with van der Waals surface area (Å²) in [5.74, 6) is 0.269. The van der Waals surface area contributed by atoms with E-state index >= 15 is 0 Å². The van der Waals surface area contributed by atoms with Gasteiger partial charge in [-0.15, -0.1) is 0 Å². The highest BCUT2D eigenvalue weighted by Crippen LogP contribution is 2.17. The van der Waals surface area contributed by atoms with Gasteiger partial charge in [0.25, 0.3) is 5.78 Å². The molecule has 16 heavy (non-hydrogen) atoms. The Kier molecular flexibility index (Phi) is 1.89. The smallest absolute Gasteiger partial charge is 0.218 e. The highest BCUT2D eigenvalue weighted by atomic mass is 19.1. The number of aromatic nitrogens is 4. The minimum absolute atomic E-state index is 0.260. The third-order valence-electron chi connectivity index (χ3n) is 2.26. The lowest BCUT2D eigenvalue weighted by atomic mass is 10.2. The van der Waals surface area contributed by atoms with Gasteiger partial charge in [-0.05, 0) is 24.3 Å². The lowest BCUT2D eigenvalue weighted by Crippen LogP contribution is -1.89. The van der Waals surface area contributed by atoms with E-state index in [1.807, 2.05) is 0 Å². The zero-order valence-electron chi connectivity index (χ0n) is 8.21. The Labute approximate surface area is 90.4 Å². The fraction of sp³-hybridized carbons (Fsp3) is 0. The van der Waals surface area contributed by atoms with Crippen LogP contribution in [0.5, 0.6) is 0 Å². The highest BCUT2D eigenvalue weighted by Gasteiger charge is 2.04. The molecule has 0 fully saturated rings. The van der Waals surface area contributed by atoms with Gasteiger partial charge < -0.3 is 0 Å². The molecule has 0 saturated carbocycles. The van der Waals surface area contributed by atoms with E-state index in [0.29, 0.717) is 5.78 Å².